The summed E-state index contributed by atoms with van der Waals surface area (Å²) in [7, 11) is 0. The molecule has 0 saturated carbocycles. The van der Waals surface area contributed by atoms with Crippen molar-refractivity contribution in [3.8, 4) is 11.5 Å². The predicted octanol–water partition coefficient (Wildman–Crippen LogP) is 3.60. The van der Waals surface area contributed by atoms with E-state index in [0.717, 1.165) is 0 Å². The maximum absolute atomic E-state index is 13.5. The predicted molar refractivity (Wildman–Crippen MR) is 58.6 cm³/mol. The van der Waals surface area contributed by atoms with Crippen molar-refractivity contribution in [3.63, 3.8) is 0 Å². The van der Waals surface area contributed by atoms with Crippen LogP contribution in [0.4, 0.5) is 22.0 Å². The lowest BCUT2D eigenvalue weighted by Crippen LogP contribution is -2.04. The van der Waals surface area contributed by atoms with Crippen molar-refractivity contribution >= 4 is 11.6 Å². The minimum Gasteiger partial charge on any atom is -0.420 e. The molecule has 0 spiro atoms. The van der Waals surface area contributed by atoms with Crippen molar-refractivity contribution in [1.29, 1.82) is 0 Å². The lowest BCUT2D eigenvalue weighted by molar-refractivity contribution is 0.377. The molecule has 1 heterocycles. The van der Waals surface area contributed by atoms with Crippen LogP contribution in [0.2, 0.25) is 0 Å². The summed E-state index contributed by atoms with van der Waals surface area (Å²) in [4.78, 5) is 0. The molecule has 0 saturated heterocycles. The van der Waals surface area contributed by atoms with Crippen LogP contribution in [0.5, 0.6) is 0 Å². The minimum absolute atomic E-state index is 0.00964. The van der Waals surface area contributed by atoms with Gasteiger partial charge in [0.1, 0.15) is 5.56 Å². The Balaban J connectivity index is 2.50. The molecule has 0 atom stereocenters. The number of nitrogens with zero attached hydrogens (tertiary/aromatic N) is 2. The molecule has 3 nitrogen and oxygen atoms in total. The molecular weight excluding hydrogens is 307 g/mol. The third kappa shape index (κ3) is 2.47. The van der Waals surface area contributed by atoms with Gasteiger partial charge < -0.3 is 4.42 Å². The topological polar surface area (TPSA) is 38.9 Å². The van der Waals surface area contributed by atoms with Gasteiger partial charge in [-0.3, -0.25) is 0 Å². The van der Waals surface area contributed by atoms with E-state index in [-0.39, 0.29) is 12.3 Å². The summed E-state index contributed by atoms with van der Waals surface area (Å²) in [5.41, 5.74) is -1.24. The summed E-state index contributed by atoms with van der Waals surface area (Å²) in [6.45, 7) is 0. The number of benzene rings is 1. The number of aromatic nitrogens is 2. The van der Waals surface area contributed by atoms with E-state index in [2.05, 4.69) is 10.2 Å². The Morgan fingerprint density at radius 2 is 1.40 bits per heavy atom. The van der Waals surface area contributed by atoms with Crippen LogP contribution in [0.1, 0.15) is 12.3 Å². The first kappa shape index (κ1) is 14.7. The van der Waals surface area contributed by atoms with E-state index >= 15 is 0 Å². The lowest BCUT2D eigenvalue weighted by atomic mass is 10.1. The molecule has 108 valence electrons. The second-order valence-electron chi connectivity index (χ2n) is 3.74. The number of hydrogen-bond acceptors (Lipinski definition) is 3. The number of rotatable bonds is 4. The van der Waals surface area contributed by atoms with Crippen molar-refractivity contribution in [2.24, 2.45) is 0 Å². The highest BCUT2D eigenvalue weighted by Gasteiger charge is 2.29. The first-order valence-electron chi connectivity index (χ1n) is 5.37. The maximum atomic E-state index is 13.5. The minimum atomic E-state index is -2.24. The van der Waals surface area contributed by atoms with Gasteiger partial charge in [0, 0.05) is 12.3 Å². The largest absolute Gasteiger partial charge is 0.420 e. The van der Waals surface area contributed by atoms with E-state index in [0.29, 0.717) is 12.3 Å². The molecule has 0 unspecified atom stereocenters. The van der Waals surface area contributed by atoms with Crippen LogP contribution in [-0.4, -0.2) is 16.1 Å². The Hall–Kier alpha value is -1.70. The SMILES string of the molecule is Fc1c(F)c(F)c(-c2nnc(CCCCl)o2)c(F)c1F. The molecule has 0 aliphatic carbocycles. The normalized spacial score (nSPS) is 11.1. The summed E-state index contributed by atoms with van der Waals surface area (Å²) < 4.78 is 70.8. The summed E-state index contributed by atoms with van der Waals surface area (Å²) in [5, 5.41) is 6.72. The second kappa shape index (κ2) is 5.74. The summed E-state index contributed by atoms with van der Waals surface area (Å²) in [5.74, 6) is -10.9. The van der Waals surface area contributed by atoms with Crippen molar-refractivity contribution in [2.75, 3.05) is 5.88 Å². The fraction of sp³-hybridized carbons (Fsp3) is 0.273. The molecule has 0 bridgehead atoms. The average molecular weight is 313 g/mol. The monoisotopic (exact) mass is 312 g/mol. The van der Waals surface area contributed by atoms with Crippen LogP contribution in [-0.2, 0) is 6.42 Å². The molecule has 20 heavy (non-hydrogen) atoms. The van der Waals surface area contributed by atoms with Gasteiger partial charge >= 0.3 is 0 Å². The zero-order valence-electron chi connectivity index (χ0n) is 9.69. The molecule has 0 N–H and O–H groups in total. The van der Waals surface area contributed by atoms with Gasteiger partial charge in [0.25, 0.3) is 5.89 Å². The van der Waals surface area contributed by atoms with Gasteiger partial charge in [0.2, 0.25) is 11.7 Å². The number of hydrogen-bond donors (Lipinski definition) is 0. The number of aryl methyl sites for hydroxylation is 1. The van der Waals surface area contributed by atoms with E-state index in [1.54, 1.807) is 0 Å². The van der Waals surface area contributed by atoms with Crippen LogP contribution in [0.25, 0.3) is 11.5 Å². The van der Waals surface area contributed by atoms with Crippen LogP contribution in [0, 0.1) is 29.1 Å². The Morgan fingerprint density at radius 1 is 0.850 bits per heavy atom. The zero-order valence-corrected chi connectivity index (χ0v) is 10.4. The van der Waals surface area contributed by atoms with Crippen molar-refractivity contribution in [1.82, 2.24) is 10.2 Å². The molecular formula is C11H6ClF5N2O. The molecule has 0 aliphatic heterocycles. The van der Waals surface area contributed by atoms with Gasteiger partial charge in [0.05, 0.1) is 0 Å². The number of alkyl halides is 1. The van der Waals surface area contributed by atoms with Gasteiger partial charge in [-0.05, 0) is 6.42 Å². The van der Waals surface area contributed by atoms with E-state index in [4.69, 9.17) is 16.0 Å². The average Bonchev–Trinajstić information content (AvgIpc) is 2.89. The number of halogens is 6. The quantitative estimate of drug-likeness (QED) is 0.375. The molecule has 1 aromatic carbocycles. The Morgan fingerprint density at radius 3 is 1.95 bits per heavy atom. The van der Waals surface area contributed by atoms with Crippen molar-refractivity contribution < 1.29 is 26.4 Å². The van der Waals surface area contributed by atoms with Crippen LogP contribution < -0.4 is 0 Å². The second-order valence-corrected chi connectivity index (χ2v) is 4.12. The summed E-state index contributed by atoms with van der Waals surface area (Å²) >= 11 is 5.43. The highest BCUT2D eigenvalue weighted by atomic mass is 35.5. The van der Waals surface area contributed by atoms with Crippen LogP contribution >= 0.6 is 11.6 Å². The third-order valence-corrected chi connectivity index (χ3v) is 2.68. The highest BCUT2D eigenvalue weighted by Crippen LogP contribution is 2.30. The van der Waals surface area contributed by atoms with Gasteiger partial charge in [-0.1, -0.05) is 0 Å². The van der Waals surface area contributed by atoms with Crippen molar-refractivity contribution in [2.45, 2.75) is 12.8 Å². The van der Waals surface area contributed by atoms with Gasteiger partial charge in [-0.15, -0.1) is 21.8 Å². The van der Waals surface area contributed by atoms with Gasteiger partial charge in [-0.25, -0.2) is 22.0 Å². The van der Waals surface area contributed by atoms with E-state index in [1.165, 1.54) is 0 Å². The Kier molecular flexibility index (Phi) is 4.22. The lowest BCUT2D eigenvalue weighted by Gasteiger charge is -2.04. The first-order chi connectivity index (χ1) is 9.47. The van der Waals surface area contributed by atoms with E-state index in [1.807, 2.05) is 0 Å². The molecule has 2 aromatic rings. The standard InChI is InChI=1S/C11H6ClF5N2O/c12-3-1-2-4-18-19-11(20-4)5-6(13)8(15)10(17)9(16)7(5)14/h1-3H2. The van der Waals surface area contributed by atoms with Crippen molar-refractivity contribution in [3.05, 3.63) is 35.0 Å². The molecule has 1 aromatic heterocycles. The van der Waals surface area contributed by atoms with E-state index in [9.17, 15) is 22.0 Å². The molecule has 0 radical (unpaired) electrons. The fourth-order valence-corrected chi connectivity index (χ4v) is 1.60. The highest BCUT2D eigenvalue weighted by molar-refractivity contribution is 6.17. The smallest absolute Gasteiger partial charge is 0.253 e. The zero-order chi connectivity index (χ0) is 14.9. The molecule has 2 rings (SSSR count). The molecule has 9 heteroatoms. The van der Waals surface area contributed by atoms with Gasteiger partial charge in [-0.2, -0.15) is 0 Å². The van der Waals surface area contributed by atoms with Crippen LogP contribution in [0.3, 0.4) is 0 Å². The molecule has 0 aliphatic rings. The summed E-state index contributed by atoms with van der Waals surface area (Å²) in [6, 6.07) is 0. The summed E-state index contributed by atoms with van der Waals surface area (Å²) in [6.07, 6.45) is 0.687. The van der Waals surface area contributed by atoms with Gasteiger partial charge in [0.15, 0.2) is 23.3 Å². The Bertz CT molecular complexity index is 617. The Labute approximate surface area is 114 Å². The van der Waals surface area contributed by atoms with Crippen LogP contribution in [0.15, 0.2) is 4.42 Å². The molecule has 0 fully saturated rings. The maximum Gasteiger partial charge on any atom is 0.253 e. The third-order valence-electron chi connectivity index (χ3n) is 2.41. The molecule has 0 amide bonds. The fourth-order valence-electron chi connectivity index (χ4n) is 1.47. The first-order valence-corrected chi connectivity index (χ1v) is 5.91. The van der Waals surface area contributed by atoms with E-state index < -0.39 is 40.5 Å².